The van der Waals surface area contributed by atoms with E-state index in [-0.39, 0.29) is 0 Å². The normalized spacial score (nSPS) is 19.3. The summed E-state index contributed by atoms with van der Waals surface area (Å²) in [6.45, 7) is 4.72. The van der Waals surface area contributed by atoms with Crippen LogP contribution in [0.2, 0.25) is 9.26 Å². The van der Waals surface area contributed by atoms with Gasteiger partial charge in [0.15, 0.2) is 0 Å². The number of rotatable bonds is 4. The fraction of sp³-hybridized carbons (Fsp3) is 0.250. The Labute approximate surface area is 160 Å². The predicted octanol–water partition coefficient (Wildman–Crippen LogP) is 6.38. The van der Waals surface area contributed by atoms with Crippen molar-refractivity contribution in [2.45, 2.75) is 32.7 Å². The van der Waals surface area contributed by atoms with Crippen molar-refractivity contribution in [3.8, 4) is 11.1 Å². The van der Waals surface area contributed by atoms with Crippen LogP contribution in [0.25, 0.3) is 17.2 Å². The molecule has 2 aromatic rings. The second-order valence-electron chi connectivity index (χ2n) is 8.81. The first-order chi connectivity index (χ1) is 12.4. The van der Waals surface area contributed by atoms with Crippen LogP contribution in [-0.2, 0) is 17.4 Å². The average Bonchev–Trinajstić information content (AvgIpc) is 3.30. The summed E-state index contributed by atoms with van der Waals surface area (Å²) >= 11 is -3.08. The number of hydrogen-bond donors (Lipinski definition) is 0. The molecule has 0 spiro atoms. The zero-order valence-electron chi connectivity index (χ0n) is 16.1. The molecule has 1 unspecified atom stereocenters. The first-order valence-corrected chi connectivity index (χ1v) is 23.2. The maximum atomic E-state index is 2.66. The zero-order valence-corrected chi connectivity index (χ0v) is 20.0. The van der Waals surface area contributed by atoms with Gasteiger partial charge in [0.05, 0.1) is 0 Å². The number of fused-ring (bicyclic) bond motifs is 1. The summed E-state index contributed by atoms with van der Waals surface area (Å²) in [6, 6.07) is 17.8. The predicted molar refractivity (Wildman–Crippen MR) is 115 cm³/mol. The molecule has 2 aliphatic rings. The summed E-state index contributed by atoms with van der Waals surface area (Å²) < 4.78 is 7.73. The molecule has 0 fully saturated rings. The Hall–Kier alpha value is -1.24. The molecule has 2 aromatic carbocycles. The fourth-order valence-corrected chi connectivity index (χ4v) is 20.5. The van der Waals surface area contributed by atoms with E-state index in [1.54, 1.807) is 14.4 Å². The summed E-state index contributed by atoms with van der Waals surface area (Å²) in [5, 5.41) is 0. The van der Waals surface area contributed by atoms with E-state index in [2.05, 4.69) is 95.9 Å². The van der Waals surface area contributed by atoms with E-state index >= 15 is 0 Å². The van der Waals surface area contributed by atoms with Crippen molar-refractivity contribution < 1.29 is 17.4 Å². The first kappa shape index (κ1) is 18.1. The van der Waals surface area contributed by atoms with E-state index in [4.69, 9.17) is 0 Å². The van der Waals surface area contributed by atoms with E-state index in [0.29, 0.717) is 3.63 Å². The third kappa shape index (κ3) is 2.83. The summed E-state index contributed by atoms with van der Waals surface area (Å²) in [5.41, 5.74) is 7.44. The first-order valence-electron chi connectivity index (χ1n) is 9.73. The van der Waals surface area contributed by atoms with Crippen LogP contribution in [0.4, 0.5) is 0 Å². The van der Waals surface area contributed by atoms with Gasteiger partial charge in [-0.3, -0.25) is 0 Å². The van der Waals surface area contributed by atoms with Gasteiger partial charge in [0.2, 0.25) is 0 Å². The molecule has 2 heteroatoms. The van der Waals surface area contributed by atoms with Crippen molar-refractivity contribution in [1.82, 2.24) is 0 Å². The Morgan fingerprint density at radius 3 is 2.46 bits per heavy atom. The average molecular weight is 436 g/mol. The van der Waals surface area contributed by atoms with Crippen LogP contribution in [0.1, 0.15) is 34.5 Å². The zero-order chi connectivity index (χ0) is 18.4. The minimum absolute atomic E-state index is 0.643. The van der Waals surface area contributed by atoms with Crippen LogP contribution in [0.5, 0.6) is 0 Å². The third-order valence-corrected chi connectivity index (χ3v) is 23.8. The molecular formula is C24H28SiZr. The van der Waals surface area contributed by atoms with Gasteiger partial charge in [-0.2, -0.15) is 0 Å². The summed E-state index contributed by atoms with van der Waals surface area (Å²) in [5.74, 6) is 0. The van der Waals surface area contributed by atoms with Crippen molar-refractivity contribution in [2.24, 2.45) is 0 Å². The second-order valence-corrected chi connectivity index (χ2v) is 38.5. The molecule has 0 N–H and O–H groups in total. The van der Waals surface area contributed by atoms with Crippen molar-refractivity contribution in [1.29, 1.82) is 0 Å². The van der Waals surface area contributed by atoms with Gasteiger partial charge >= 0.3 is 161 Å². The van der Waals surface area contributed by atoms with Gasteiger partial charge in [-0.25, -0.2) is 0 Å². The Bertz CT molecular complexity index is 1020. The fourth-order valence-electron chi connectivity index (χ4n) is 4.97. The Morgan fingerprint density at radius 2 is 1.81 bits per heavy atom. The molecule has 0 saturated carbocycles. The van der Waals surface area contributed by atoms with Crippen molar-refractivity contribution in [2.75, 3.05) is 0 Å². The van der Waals surface area contributed by atoms with Gasteiger partial charge < -0.3 is 0 Å². The molecule has 0 heterocycles. The summed E-state index contributed by atoms with van der Waals surface area (Å²) in [4.78, 5) is 0. The Kier molecular flexibility index (Phi) is 4.48. The topological polar surface area (TPSA) is 0 Å². The van der Waals surface area contributed by atoms with Crippen molar-refractivity contribution >= 4 is 13.0 Å². The SMILES string of the molecule is CCC1=Cc2c(-c3ccccc3)cccc2[CH]1[Zr]([CH3])([CH3])(=[SiH2])[C]1=CC=CC1. The third-order valence-electron chi connectivity index (χ3n) is 6.40. The summed E-state index contributed by atoms with van der Waals surface area (Å²) in [6.07, 6.45) is 11.9. The van der Waals surface area contributed by atoms with Gasteiger partial charge in [-0.1, -0.05) is 0 Å². The molecule has 2 aliphatic carbocycles. The van der Waals surface area contributed by atoms with E-state index in [9.17, 15) is 0 Å². The molecule has 0 aromatic heterocycles. The molecule has 4 rings (SSSR count). The molecule has 1 atom stereocenters. The Balaban J connectivity index is 1.92. The molecule has 0 aliphatic heterocycles. The van der Waals surface area contributed by atoms with Crippen LogP contribution >= 0.6 is 0 Å². The minimum atomic E-state index is -3.08. The molecule has 0 saturated heterocycles. The van der Waals surface area contributed by atoms with Gasteiger partial charge in [0, 0.05) is 0 Å². The molecule has 132 valence electrons. The van der Waals surface area contributed by atoms with Crippen LogP contribution in [0.15, 0.2) is 75.6 Å². The van der Waals surface area contributed by atoms with Gasteiger partial charge in [-0.05, 0) is 0 Å². The molecule has 26 heavy (non-hydrogen) atoms. The van der Waals surface area contributed by atoms with Crippen molar-refractivity contribution in [3.05, 3.63) is 86.7 Å². The summed E-state index contributed by atoms with van der Waals surface area (Å²) in [7, 11) is 0. The van der Waals surface area contributed by atoms with Crippen LogP contribution in [-0.4, -0.2) is 6.88 Å². The van der Waals surface area contributed by atoms with Gasteiger partial charge in [0.25, 0.3) is 0 Å². The van der Waals surface area contributed by atoms with Crippen LogP contribution in [0, 0.1) is 0 Å². The van der Waals surface area contributed by atoms with Gasteiger partial charge in [0.1, 0.15) is 0 Å². The molecule has 0 radical (unpaired) electrons. The molecular weight excluding hydrogens is 408 g/mol. The number of allylic oxidation sites excluding steroid dienone is 5. The number of hydrogen-bond acceptors (Lipinski definition) is 0. The molecule has 0 nitrogen and oxygen atoms in total. The van der Waals surface area contributed by atoms with Crippen LogP contribution in [0.3, 0.4) is 0 Å². The van der Waals surface area contributed by atoms with Gasteiger partial charge in [-0.15, -0.1) is 0 Å². The monoisotopic (exact) mass is 434 g/mol. The van der Waals surface area contributed by atoms with Crippen molar-refractivity contribution in [3.63, 3.8) is 0 Å². The van der Waals surface area contributed by atoms with E-state index in [1.807, 2.05) is 0 Å². The number of benzene rings is 2. The Morgan fingerprint density at radius 1 is 1.04 bits per heavy atom. The van der Waals surface area contributed by atoms with E-state index in [1.165, 1.54) is 23.1 Å². The standard InChI is InChI=1S/C17H15.C5H5.2CH3.H2Si.Zr/c1-2-13-11-15-9-6-10-16(17(15)12-13)14-7-4-3-5-8-14;1-2-4-5-3-1;;;;/h3-12H,2H2,1H3;1-3H,4H2;2*1H3;1H2;. The maximum absolute atomic E-state index is 3.08. The van der Waals surface area contributed by atoms with E-state index in [0.717, 1.165) is 6.42 Å². The molecule has 0 bridgehead atoms. The van der Waals surface area contributed by atoms with E-state index < -0.39 is 17.4 Å². The van der Waals surface area contributed by atoms with Crippen LogP contribution < -0.4 is 0 Å². The quantitative estimate of drug-likeness (QED) is 0.489. The second kappa shape index (κ2) is 6.43. The molecule has 0 amide bonds.